The maximum atomic E-state index is 11.7. The van der Waals surface area contributed by atoms with Gasteiger partial charge in [0.05, 0.1) is 0 Å². The van der Waals surface area contributed by atoms with Gasteiger partial charge in [-0.25, -0.2) is 0 Å². The molecule has 0 amide bonds. The van der Waals surface area contributed by atoms with Crippen molar-refractivity contribution in [3.63, 3.8) is 0 Å². The van der Waals surface area contributed by atoms with Gasteiger partial charge in [-0.2, -0.15) is 0 Å². The number of ketones is 1. The molecule has 0 bridgehead atoms. The number of rotatable bonds is 2. The Hall–Kier alpha value is -1.63. The van der Waals surface area contributed by atoms with Crippen molar-refractivity contribution in [3.8, 4) is 0 Å². The molecule has 0 heterocycles. The molecule has 0 saturated heterocycles. The molecule has 1 aromatic carbocycles. The average Bonchev–Trinajstić information content (AvgIpc) is 2.28. The second-order valence-electron chi connectivity index (χ2n) is 3.69. The van der Waals surface area contributed by atoms with Gasteiger partial charge in [-0.05, 0) is 23.6 Å². The summed E-state index contributed by atoms with van der Waals surface area (Å²) >= 11 is 0. The van der Waals surface area contributed by atoms with E-state index < -0.39 is 0 Å². The van der Waals surface area contributed by atoms with Gasteiger partial charge in [0.25, 0.3) is 0 Å². The number of allylic oxidation sites excluding steroid dienone is 3. The molecule has 0 N–H and O–H groups in total. The molecule has 1 nitrogen and oxygen atoms in total. The van der Waals surface area contributed by atoms with Crippen LogP contribution in [-0.4, -0.2) is 5.78 Å². The summed E-state index contributed by atoms with van der Waals surface area (Å²) in [6.07, 6.45) is 7.63. The second-order valence-corrected chi connectivity index (χ2v) is 3.69. The highest BCUT2D eigenvalue weighted by Crippen LogP contribution is 2.26. The van der Waals surface area contributed by atoms with Crippen LogP contribution in [0.3, 0.4) is 0 Å². The molecule has 1 aliphatic carbocycles. The SMILES string of the molecule is CCC/C=C1\C(=O)C=Cc2ccccc21. The fourth-order valence-electron chi connectivity index (χ4n) is 1.77. The van der Waals surface area contributed by atoms with Crippen molar-refractivity contribution in [2.75, 3.05) is 0 Å². The van der Waals surface area contributed by atoms with Gasteiger partial charge in [0.2, 0.25) is 0 Å². The second kappa shape index (κ2) is 4.26. The Morgan fingerprint density at radius 3 is 2.80 bits per heavy atom. The molecular weight excluding hydrogens is 184 g/mol. The van der Waals surface area contributed by atoms with Crippen LogP contribution in [0.15, 0.2) is 36.4 Å². The molecule has 0 fully saturated rings. The molecule has 0 aliphatic heterocycles. The Morgan fingerprint density at radius 2 is 2.00 bits per heavy atom. The van der Waals surface area contributed by atoms with Crippen molar-refractivity contribution < 1.29 is 4.79 Å². The van der Waals surface area contributed by atoms with Gasteiger partial charge in [0.1, 0.15) is 0 Å². The zero-order valence-electron chi connectivity index (χ0n) is 8.86. The quantitative estimate of drug-likeness (QED) is 0.665. The van der Waals surface area contributed by atoms with E-state index >= 15 is 0 Å². The van der Waals surface area contributed by atoms with Crippen molar-refractivity contribution in [3.05, 3.63) is 47.5 Å². The molecule has 0 spiro atoms. The largest absolute Gasteiger partial charge is 0.289 e. The van der Waals surface area contributed by atoms with Gasteiger partial charge in [0, 0.05) is 5.57 Å². The lowest BCUT2D eigenvalue weighted by Crippen LogP contribution is -2.04. The van der Waals surface area contributed by atoms with Crippen LogP contribution < -0.4 is 0 Å². The topological polar surface area (TPSA) is 17.1 Å². The zero-order valence-corrected chi connectivity index (χ0v) is 8.86. The van der Waals surface area contributed by atoms with Crippen molar-refractivity contribution in [2.24, 2.45) is 0 Å². The van der Waals surface area contributed by atoms with Crippen LogP contribution in [0.1, 0.15) is 30.9 Å². The standard InChI is InChI=1S/C14H14O/c1-2-3-7-13-12-8-5-4-6-11(12)9-10-14(13)15/h4-10H,2-3H2,1H3/b13-7-. The molecule has 0 radical (unpaired) electrons. The minimum absolute atomic E-state index is 0.127. The summed E-state index contributed by atoms with van der Waals surface area (Å²) in [6.45, 7) is 2.12. The van der Waals surface area contributed by atoms with E-state index in [1.54, 1.807) is 6.08 Å². The third kappa shape index (κ3) is 1.91. The number of carbonyl (C=O) groups is 1. The molecule has 1 aliphatic rings. The Balaban J connectivity index is 2.47. The molecule has 0 aromatic heterocycles. The van der Waals surface area contributed by atoms with Gasteiger partial charge in [-0.15, -0.1) is 0 Å². The highest BCUT2D eigenvalue weighted by molar-refractivity contribution is 6.29. The van der Waals surface area contributed by atoms with E-state index in [9.17, 15) is 4.79 Å². The molecule has 1 heteroatoms. The monoisotopic (exact) mass is 198 g/mol. The predicted molar refractivity (Wildman–Crippen MR) is 63.4 cm³/mol. The van der Waals surface area contributed by atoms with Crippen LogP contribution in [-0.2, 0) is 4.79 Å². The number of hydrogen-bond acceptors (Lipinski definition) is 1. The first-order valence-corrected chi connectivity index (χ1v) is 5.35. The van der Waals surface area contributed by atoms with Crippen LogP contribution in [0.4, 0.5) is 0 Å². The van der Waals surface area contributed by atoms with Crippen LogP contribution in [0.2, 0.25) is 0 Å². The lowest BCUT2D eigenvalue weighted by atomic mass is 9.91. The van der Waals surface area contributed by atoms with Gasteiger partial charge in [-0.3, -0.25) is 4.79 Å². The molecule has 2 rings (SSSR count). The van der Waals surface area contributed by atoms with Crippen LogP contribution in [0.25, 0.3) is 11.6 Å². The zero-order chi connectivity index (χ0) is 10.7. The molecule has 1 aromatic rings. The Morgan fingerprint density at radius 1 is 1.20 bits per heavy atom. The Kier molecular flexibility index (Phi) is 2.82. The van der Waals surface area contributed by atoms with Gasteiger partial charge < -0.3 is 0 Å². The van der Waals surface area contributed by atoms with E-state index in [0.29, 0.717) is 0 Å². The summed E-state index contributed by atoms with van der Waals surface area (Å²) in [4.78, 5) is 11.7. The van der Waals surface area contributed by atoms with E-state index in [2.05, 4.69) is 6.92 Å². The van der Waals surface area contributed by atoms with Gasteiger partial charge in [-0.1, -0.05) is 49.8 Å². The number of unbranched alkanes of at least 4 members (excludes halogenated alkanes) is 1. The summed E-state index contributed by atoms with van der Waals surface area (Å²) in [7, 11) is 0. The normalized spacial score (nSPS) is 16.9. The van der Waals surface area contributed by atoms with Crippen molar-refractivity contribution in [1.82, 2.24) is 0 Å². The van der Waals surface area contributed by atoms with E-state index in [4.69, 9.17) is 0 Å². The summed E-state index contributed by atoms with van der Waals surface area (Å²) in [5.41, 5.74) is 3.06. The first-order valence-electron chi connectivity index (χ1n) is 5.35. The van der Waals surface area contributed by atoms with Crippen LogP contribution >= 0.6 is 0 Å². The van der Waals surface area contributed by atoms with E-state index in [-0.39, 0.29) is 5.78 Å². The van der Waals surface area contributed by atoms with E-state index in [1.165, 1.54) is 0 Å². The van der Waals surface area contributed by atoms with Gasteiger partial charge in [0.15, 0.2) is 5.78 Å². The molecule has 15 heavy (non-hydrogen) atoms. The number of hydrogen-bond donors (Lipinski definition) is 0. The highest BCUT2D eigenvalue weighted by atomic mass is 16.1. The van der Waals surface area contributed by atoms with E-state index in [1.807, 2.05) is 36.4 Å². The summed E-state index contributed by atoms with van der Waals surface area (Å²) in [5, 5.41) is 0. The average molecular weight is 198 g/mol. The molecule has 0 unspecified atom stereocenters. The maximum absolute atomic E-state index is 11.7. The van der Waals surface area contributed by atoms with Crippen LogP contribution in [0, 0.1) is 0 Å². The fraction of sp³-hybridized carbons (Fsp3) is 0.214. The third-order valence-electron chi connectivity index (χ3n) is 2.57. The van der Waals surface area contributed by atoms with Crippen molar-refractivity contribution >= 4 is 17.4 Å². The molecule has 76 valence electrons. The lowest BCUT2D eigenvalue weighted by molar-refractivity contribution is -0.109. The Labute approximate surface area is 90.1 Å². The first kappa shape index (κ1) is 9.91. The van der Waals surface area contributed by atoms with Gasteiger partial charge >= 0.3 is 0 Å². The first-order chi connectivity index (χ1) is 7.33. The highest BCUT2D eigenvalue weighted by Gasteiger charge is 2.15. The smallest absolute Gasteiger partial charge is 0.186 e. The fourth-order valence-corrected chi connectivity index (χ4v) is 1.77. The van der Waals surface area contributed by atoms with E-state index in [0.717, 1.165) is 29.5 Å². The number of fused-ring (bicyclic) bond motifs is 1. The maximum Gasteiger partial charge on any atom is 0.186 e. The third-order valence-corrected chi connectivity index (χ3v) is 2.57. The lowest BCUT2D eigenvalue weighted by Gasteiger charge is -2.12. The Bertz CT molecular complexity index is 438. The van der Waals surface area contributed by atoms with Crippen molar-refractivity contribution in [2.45, 2.75) is 19.8 Å². The minimum Gasteiger partial charge on any atom is -0.289 e. The predicted octanol–water partition coefficient (Wildman–Crippen LogP) is 3.47. The number of benzene rings is 1. The molecule has 0 atom stereocenters. The minimum atomic E-state index is 0.127. The van der Waals surface area contributed by atoms with Crippen molar-refractivity contribution in [1.29, 1.82) is 0 Å². The van der Waals surface area contributed by atoms with Crippen LogP contribution in [0.5, 0.6) is 0 Å². The number of carbonyl (C=O) groups excluding carboxylic acids is 1. The molecule has 0 saturated carbocycles. The summed E-state index contributed by atoms with van der Waals surface area (Å²) < 4.78 is 0. The molecular formula is C14H14O. The summed E-state index contributed by atoms with van der Waals surface area (Å²) in [5.74, 6) is 0.127. The summed E-state index contributed by atoms with van der Waals surface area (Å²) in [6, 6.07) is 8.03.